The quantitative estimate of drug-likeness (QED) is 0.754. The summed E-state index contributed by atoms with van der Waals surface area (Å²) in [5.74, 6) is 0. The molecule has 0 aliphatic heterocycles. The number of nitrogens with zero attached hydrogens (tertiary/aromatic N) is 3. The van der Waals surface area contributed by atoms with Gasteiger partial charge in [0.05, 0.1) is 11.9 Å². The minimum Gasteiger partial charge on any atom is -0.285 e. The molecule has 0 aliphatic carbocycles. The van der Waals surface area contributed by atoms with Crippen LogP contribution >= 0.6 is 11.5 Å². The second-order valence-electron chi connectivity index (χ2n) is 3.98. The van der Waals surface area contributed by atoms with Crippen LogP contribution in [-0.4, -0.2) is 19.6 Å². The van der Waals surface area contributed by atoms with Gasteiger partial charge in [0.1, 0.15) is 4.83 Å². The zero-order chi connectivity index (χ0) is 11.8. The van der Waals surface area contributed by atoms with Crippen LogP contribution in [0.15, 0.2) is 18.5 Å². The molecule has 4 nitrogen and oxygen atoms in total. The predicted molar refractivity (Wildman–Crippen MR) is 69.1 cm³/mol. The van der Waals surface area contributed by atoms with Gasteiger partial charge in [0, 0.05) is 22.8 Å². The minimum atomic E-state index is 0.959. The first-order chi connectivity index (χ1) is 8.29. The molecule has 0 amide bonds. The molecular weight excluding hydrogens is 232 g/mol. The highest BCUT2D eigenvalue weighted by Gasteiger charge is 2.12. The number of hydrogen-bond acceptors (Lipinski definition) is 4. The summed E-state index contributed by atoms with van der Waals surface area (Å²) in [5, 5.41) is 7.89. The number of nitrogens with one attached hydrogen (secondary N) is 1. The molecule has 5 heteroatoms. The van der Waals surface area contributed by atoms with Crippen molar-refractivity contribution in [3.63, 3.8) is 0 Å². The van der Waals surface area contributed by atoms with Crippen LogP contribution in [0.1, 0.15) is 18.2 Å². The van der Waals surface area contributed by atoms with Crippen molar-refractivity contribution in [3.05, 3.63) is 29.7 Å². The van der Waals surface area contributed by atoms with Crippen LogP contribution in [0, 0.1) is 6.92 Å². The van der Waals surface area contributed by atoms with E-state index in [1.54, 1.807) is 6.20 Å². The Labute approximate surface area is 103 Å². The molecule has 0 unspecified atom stereocenters. The number of aryl methyl sites for hydroxylation is 2. The normalized spacial score (nSPS) is 11.2. The van der Waals surface area contributed by atoms with Crippen LogP contribution < -0.4 is 0 Å². The lowest BCUT2D eigenvalue weighted by Gasteiger charge is -2.01. The Morgan fingerprint density at radius 1 is 1.41 bits per heavy atom. The molecule has 0 aliphatic rings. The fourth-order valence-corrected chi connectivity index (χ4v) is 2.74. The second-order valence-corrected chi connectivity index (χ2v) is 4.73. The van der Waals surface area contributed by atoms with Gasteiger partial charge in [-0.05, 0) is 36.5 Å². The standard InChI is InChI=1S/C12H12N4S/c1-3-10-7(2)4-9-11(8-5-13-14-6-8)16-17-12(9)15-10/h4-6H,3H2,1-2H3,(H,13,14). The Morgan fingerprint density at radius 2 is 2.29 bits per heavy atom. The Hall–Kier alpha value is -1.75. The Balaban J connectivity index is 2.26. The maximum atomic E-state index is 4.65. The van der Waals surface area contributed by atoms with Crippen molar-refractivity contribution in [2.24, 2.45) is 0 Å². The van der Waals surface area contributed by atoms with Crippen LogP contribution in [-0.2, 0) is 6.42 Å². The van der Waals surface area contributed by atoms with Gasteiger partial charge in [-0.2, -0.15) is 9.47 Å². The Kier molecular flexibility index (Phi) is 2.40. The molecule has 0 radical (unpaired) electrons. The van der Waals surface area contributed by atoms with Gasteiger partial charge < -0.3 is 0 Å². The van der Waals surface area contributed by atoms with Gasteiger partial charge >= 0.3 is 0 Å². The van der Waals surface area contributed by atoms with E-state index in [1.165, 1.54) is 17.1 Å². The number of rotatable bonds is 2. The summed E-state index contributed by atoms with van der Waals surface area (Å²) in [5.41, 5.74) is 4.36. The zero-order valence-corrected chi connectivity index (χ0v) is 10.5. The Morgan fingerprint density at radius 3 is 3.00 bits per heavy atom. The molecule has 0 fully saturated rings. The zero-order valence-electron chi connectivity index (χ0n) is 9.69. The van der Waals surface area contributed by atoms with Crippen molar-refractivity contribution in [3.8, 4) is 11.3 Å². The van der Waals surface area contributed by atoms with E-state index >= 15 is 0 Å². The third-order valence-corrected chi connectivity index (χ3v) is 3.63. The molecular formula is C12H12N4S. The number of aromatic nitrogens is 4. The van der Waals surface area contributed by atoms with Gasteiger partial charge in [0.2, 0.25) is 0 Å². The van der Waals surface area contributed by atoms with Crippen molar-refractivity contribution in [2.75, 3.05) is 0 Å². The smallest absolute Gasteiger partial charge is 0.144 e. The van der Waals surface area contributed by atoms with Crippen molar-refractivity contribution in [2.45, 2.75) is 20.3 Å². The summed E-state index contributed by atoms with van der Waals surface area (Å²) >= 11 is 1.45. The van der Waals surface area contributed by atoms with Crippen LogP contribution in [0.25, 0.3) is 21.5 Å². The van der Waals surface area contributed by atoms with Gasteiger partial charge in [-0.25, -0.2) is 4.98 Å². The number of H-pyrrole nitrogens is 1. The first kappa shape index (κ1) is 10.4. The van der Waals surface area contributed by atoms with Crippen LogP contribution in [0.3, 0.4) is 0 Å². The van der Waals surface area contributed by atoms with E-state index in [4.69, 9.17) is 0 Å². The molecule has 0 bridgehead atoms. The van der Waals surface area contributed by atoms with E-state index in [-0.39, 0.29) is 0 Å². The maximum absolute atomic E-state index is 4.65. The van der Waals surface area contributed by atoms with E-state index in [0.29, 0.717) is 0 Å². The lowest BCUT2D eigenvalue weighted by molar-refractivity contribution is 1.03. The summed E-state index contributed by atoms with van der Waals surface area (Å²) < 4.78 is 4.47. The van der Waals surface area contributed by atoms with E-state index in [9.17, 15) is 0 Å². The van der Waals surface area contributed by atoms with Gasteiger partial charge in [-0.1, -0.05) is 6.92 Å². The number of fused-ring (bicyclic) bond motifs is 1. The molecule has 3 aromatic heterocycles. The average Bonchev–Trinajstić information content (AvgIpc) is 2.95. The SMILES string of the molecule is CCc1nc2snc(-c3cn[nH]c3)c2cc1C. The fraction of sp³-hybridized carbons (Fsp3) is 0.250. The molecule has 3 aromatic rings. The van der Waals surface area contributed by atoms with Crippen LogP contribution in [0.5, 0.6) is 0 Å². The number of pyridine rings is 1. The fourth-order valence-electron chi connectivity index (χ4n) is 1.96. The monoisotopic (exact) mass is 244 g/mol. The average molecular weight is 244 g/mol. The lowest BCUT2D eigenvalue weighted by Crippen LogP contribution is -1.91. The van der Waals surface area contributed by atoms with Gasteiger partial charge in [0.15, 0.2) is 0 Å². The van der Waals surface area contributed by atoms with E-state index in [0.717, 1.165) is 33.6 Å². The molecule has 0 aromatic carbocycles. The van der Waals surface area contributed by atoms with Crippen molar-refractivity contribution in [1.29, 1.82) is 0 Å². The highest BCUT2D eigenvalue weighted by Crippen LogP contribution is 2.30. The molecule has 3 heterocycles. The second kappa shape index (κ2) is 3.92. The number of aromatic amines is 1. The first-order valence-electron chi connectivity index (χ1n) is 5.54. The van der Waals surface area contributed by atoms with Crippen molar-refractivity contribution in [1.82, 2.24) is 19.6 Å². The molecule has 0 spiro atoms. The maximum Gasteiger partial charge on any atom is 0.144 e. The molecule has 3 rings (SSSR count). The summed E-state index contributed by atoms with van der Waals surface area (Å²) in [6.07, 6.45) is 4.61. The highest BCUT2D eigenvalue weighted by atomic mass is 32.1. The molecule has 86 valence electrons. The summed E-state index contributed by atoms with van der Waals surface area (Å²) in [6.45, 7) is 4.22. The molecule has 0 saturated carbocycles. The van der Waals surface area contributed by atoms with Crippen molar-refractivity contribution >= 4 is 21.7 Å². The largest absolute Gasteiger partial charge is 0.285 e. The number of hydrogen-bond donors (Lipinski definition) is 1. The topological polar surface area (TPSA) is 54.5 Å². The highest BCUT2D eigenvalue weighted by molar-refractivity contribution is 7.13. The van der Waals surface area contributed by atoms with E-state index in [1.807, 2.05) is 6.20 Å². The Bertz CT molecular complexity index is 655. The first-order valence-corrected chi connectivity index (χ1v) is 6.32. The van der Waals surface area contributed by atoms with E-state index in [2.05, 4.69) is 39.5 Å². The molecule has 0 saturated heterocycles. The predicted octanol–water partition coefficient (Wildman–Crippen LogP) is 2.95. The molecule has 0 atom stereocenters. The van der Waals surface area contributed by atoms with Gasteiger partial charge in [-0.3, -0.25) is 5.10 Å². The lowest BCUT2D eigenvalue weighted by atomic mass is 10.1. The third-order valence-electron chi connectivity index (χ3n) is 2.87. The van der Waals surface area contributed by atoms with Gasteiger partial charge in [0.25, 0.3) is 0 Å². The van der Waals surface area contributed by atoms with E-state index < -0.39 is 0 Å². The summed E-state index contributed by atoms with van der Waals surface area (Å²) in [4.78, 5) is 5.65. The summed E-state index contributed by atoms with van der Waals surface area (Å²) in [6, 6.07) is 2.17. The van der Waals surface area contributed by atoms with Gasteiger partial charge in [-0.15, -0.1) is 0 Å². The minimum absolute atomic E-state index is 0.959. The van der Waals surface area contributed by atoms with Crippen LogP contribution in [0.4, 0.5) is 0 Å². The van der Waals surface area contributed by atoms with Crippen LogP contribution in [0.2, 0.25) is 0 Å². The van der Waals surface area contributed by atoms with Crippen molar-refractivity contribution < 1.29 is 0 Å². The summed E-state index contributed by atoms with van der Waals surface area (Å²) in [7, 11) is 0. The third kappa shape index (κ3) is 1.63. The molecule has 1 N–H and O–H groups in total. The molecule has 17 heavy (non-hydrogen) atoms.